The summed E-state index contributed by atoms with van der Waals surface area (Å²) in [6.07, 6.45) is 6.87. The third kappa shape index (κ3) is 2.56. The molecule has 5 nitrogen and oxygen atoms in total. The number of hydrogen-bond acceptors (Lipinski definition) is 5. The van der Waals surface area contributed by atoms with Crippen molar-refractivity contribution < 1.29 is 24.9 Å². The molecule has 3 N–H and O–H groups in total. The summed E-state index contributed by atoms with van der Waals surface area (Å²) in [5.74, 6) is -0.0768. The Kier molecular flexibility index (Phi) is 5.24. The van der Waals surface area contributed by atoms with Gasteiger partial charge in [0, 0.05) is 16.7 Å². The average molecular weight is 411 g/mol. The fraction of sp³-hybridized carbons (Fsp3) is 0.727. The van der Waals surface area contributed by atoms with E-state index in [0.717, 1.165) is 18.4 Å². The molecule has 4 aliphatic carbocycles. The number of rotatable bonds is 2. The highest BCUT2D eigenvalue weighted by Gasteiger charge is 2.68. The summed E-state index contributed by atoms with van der Waals surface area (Å²) in [5, 5.41) is 31.9. The van der Waals surface area contributed by atoms with Crippen molar-refractivity contribution in [1.82, 2.24) is 0 Å². The van der Waals surface area contributed by atoms with Crippen molar-refractivity contribution in [2.75, 3.05) is 6.61 Å². The van der Waals surface area contributed by atoms with Gasteiger partial charge in [0.2, 0.25) is 0 Å². The molecule has 28 heavy (non-hydrogen) atoms. The van der Waals surface area contributed by atoms with Crippen molar-refractivity contribution in [3.8, 4) is 0 Å². The number of carbonyl (C=O) groups excluding carboxylic acids is 2. The minimum atomic E-state index is -1.57. The molecule has 6 heteroatoms. The summed E-state index contributed by atoms with van der Waals surface area (Å²) in [7, 11) is 0. The summed E-state index contributed by atoms with van der Waals surface area (Å²) >= 11 is 0. The summed E-state index contributed by atoms with van der Waals surface area (Å²) in [6, 6.07) is 0. The first-order chi connectivity index (χ1) is 12.6. The normalized spacial score (nSPS) is 49.4. The minimum absolute atomic E-state index is 0. The van der Waals surface area contributed by atoms with E-state index in [1.54, 1.807) is 12.2 Å². The van der Waals surface area contributed by atoms with Gasteiger partial charge in [-0.3, -0.25) is 9.59 Å². The van der Waals surface area contributed by atoms with E-state index in [4.69, 9.17) is 0 Å². The molecule has 8 atom stereocenters. The predicted molar refractivity (Wildman–Crippen MR) is 107 cm³/mol. The number of ketones is 2. The van der Waals surface area contributed by atoms with Crippen LogP contribution in [-0.2, 0) is 9.59 Å². The molecule has 3 saturated carbocycles. The van der Waals surface area contributed by atoms with E-state index in [-0.39, 0.29) is 47.3 Å². The van der Waals surface area contributed by atoms with E-state index in [1.165, 1.54) is 0 Å². The van der Waals surface area contributed by atoms with Gasteiger partial charge < -0.3 is 15.3 Å². The zero-order chi connectivity index (χ0) is 19.8. The van der Waals surface area contributed by atoms with Crippen molar-refractivity contribution in [2.24, 2.45) is 34.5 Å². The van der Waals surface area contributed by atoms with Crippen LogP contribution in [0.15, 0.2) is 23.8 Å². The monoisotopic (exact) mass is 410 g/mol. The van der Waals surface area contributed by atoms with Crippen LogP contribution in [0.25, 0.3) is 0 Å². The number of allylic oxidation sites excluding steroid dienone is 4. The number of aliphatic hydroxyl groups is 3. The van der Waals surface area contributed by atoms with Gasteiger partial charge in [-0.25, -0.2) is 0 Å². The fourth-order valence-electron chi connectivity index (χ4n) is 7.34. The first-order valence-corrected chi connectivity index (χ1v) is 10.1. The standard InChI is InChI=1S/C22H30O5.ClH/c1-12-8-14-15-5-7-22(27,18(26)11-23)21(15,3)10-17(25)19(14)20(2)6-4-13(24)9-16(12)20;/h4,6,9,12,14-15,17,19,23,25,27H,5,7-8,10-11H2,1-3H3;1H/t12-,14-,15-,17-,19+,20-,21-,22-;/m0./s1. The zero-order valence-corrected chi connectivity index (χ0v) is 17.5. The quantitative estimate of drug-likeness (QED) is 0.648. The molecule has 0 spiro atoms. The second-order valence-electron chi connectivity index (χ2n) is 9.72. The second kappa shape index (κ2) is 6.76. The molecule has 0 aliphatic heterocycles. The minimum Gasteiger partial charge on any atom is -0.393 e. The Labute approximate surface area is 172 Å². The van der Waals surface area contributed by atoms with Gasteiger partial charge >= 0.3 is 0 Å². The van der Waals surface area contributed by atoms with Gasteiger partial charge in [-0.1, -0.05) is 32.4 Å². The number of aliphatic hydroxyl groups excluding tert-OH is 2. The van der Waals surface area contributed by atoms with Crippen LogP contribution in [0.1, 0.15) is 46.5 Å². The van der Waals surface area contributed by atoms with Crippen molar-refractivity contribution in [1.29, 1.82) is 0 Å². The van der Waals surface area contributed by atoms with Gasteiger partial charge in [-0.2, -0.15) is 0 Å². The number of hydrogen-bond donors (Lipinski definition) is 3. The maximum Gasteiger partial charge on any atom is 0.190 e. The van der Waals surface area contributed by atoms with E-state index in [1.807, 2.05) is 13.0 Å². The van der Waals surface area contributed by atoms with Crippen LogP contribution in [-0.4, -0.2) is 45.2 Å². The van der Waals surface area contributed by atoms with Crippen LogP contribution in [0.3, 0.4) is 0 Å². The Morgan fingerprint density at radius 3 is 2.64 bits per heavy atom. The molecule has 0 radical (unpaired) electrons. The van der Waals surface area contributed by atoms with Gasteiger partial charge in [0.05, 0.1) is 6.10 Å². The number of fused-ring (bicyclic) bond motifs is 5. The maximum absolute atomic E-state index is 12.4. The van der Waals surface area contributed by atoms with Crippen molar-refractivity contribution in [3.05, 3.63) is 23.8 Å². The molecule has 0 aromatic carbocycles. The molecule has 4 aliphatic rings. The van der Waals surface area contributed by atoms with Gasteiger partial charge in [0.1, 0.15) is 12.2 Å². The van der Waals surface area contributed by atoms with Crippen LogP contribution >= 0.6 is 12.4 Å². The highest BCUT2D eigenvalue weighted by molar-refractivity contribution is 6.01. The summed E-state index contributed by atoms with van der Waals surface area (Å²) in [6.45, 7) is 5.48. The molecule has 0 amide bonds. The van der Waals surface area contributed by atoms with Crippen LogP contribution in [0, 0.1) is 34.5 Å². The summed E-state index contributed by atoms with van der Waals surface area (Å²) in [5.41, 5.74) is -1.59. The molecule has 3 fully saturated rings. The Morgan fingerprint density at radius 1 is 1.32 bits per heavy atom. The smallest absolute Gasteiger partial charge is 0.190 e. The second-order valence-corrected chi connectivity index (χ2v) is 9.72. The fourth-order valence-corrected chi connectivity index (χ4v) is 7.34. The third-order valence-corrected chi connectivity index (χ3v) is 8.57. The van der Waals surface area contributed by atoms with Gasteiger partial charge in [0.15, 0.2) is 11.6 Å². The number of carbonyl (C=O) groups is 2. The highest BCUT2D eigenvalue weighted by atomic mass is 35.5. The van der Waals surface area contributed by atoms with Gasteiger partial charge in [-0.15, -0.1) is 12.4 Å². The molecular weight excluding hydrogens is 380 g/mol. The van der Waals surface area contributed by atoms with Crippen molar-refractivity contribution in [2.45, 2.75) is 58.2 Å². The average Bonchev–Trinajstić information content (AvgIpc) is 2.87. The Bertz CT molecular complexity index is 760. The van der Waals surface area contributed by atoms with Crippen LogP contribution in [0.4, 0.5) is 0 Å². The van der Waals surface area contributed by atoms with E-state index in [9.17, 15) is 24.9 Å². The first kappa shape index (κ1) is 21.7. The molecule has 156 valence electrons. The third-order valence-electron chi connectivity index (χ3n) is 8.57. The Balaban J connectivity index is 0.00000225. The van der Waals surface area contributed by atoms with E-state index in [0.29, 0.717) is 12.8 Å². The molecule has 0 heterocycles. The van der Waals surface area contributed by atoms with E-state index in [2.05, 4.69) is 13.8 Å². The highest BCUT2D eigenvalue weighted by Crippen LogP contribution is 2.67. The van der Waals surface area contributed by atoms with Crippen LogP contribution in [0.2, 0.25) is 0 Å². The van der Waals surface area contributed by atoms with E-state index >= 15 is 0 Å². The molecule has 0 saturated heterocycles. The first-order valence-electron chi connectivity index (χ1n) is 10.1. The largest absolute Gasteiger partial charge is 0.393 e. The maximum atomic E-state index is 12.4. The molecule has 4 rings (SSSR count). The summed E-state index contributed by atoms with van der Waals surface area (Å²) in [4.78, 5) is 24.4. The van der Waals surface area contributed by atoms with E-state index < -0.39 is 29.5 Å². The Hall–Kier alpha value is -1.01. The van der Waals surface area contributed by atoms with Crippen molar-refractivity contribution in [3.63, 3.8) is 0 Å². The number of Topliss-reactive ketones (excluding diaryl/α,β-unsaturated/α-hetero) is 1. The lowest BCUT2D eigenvalue weighted by atomic mass is 9.45. The van der Waals surface area contributed by atoms with Gasteiger partial charge in [-0.05, 0) is 55.6 Å². The SMILES string of the molecule is C[C@H]1C[C@@H]2[C@H]([C@@H](O)C[C@@]3(C)[C@H]2CC[C@]3(O)C(=O)CO)[C@@]2(C)C=CC(=O)C=C12.Cl. The molecular formula is C22H31ClO5. The lowest BCUT2D eigenvalue weighted by Crippen LogP contribution is -2.62. The summed E-state index contributed by atoms with van der Waals surface area (Å²) < 4.78 is 0. The van der Waals surface area contributed by atoms with Crippen molar-refractivity contribution >= 4 is 24.0 Å². The lowest BCUT2D eigenvalue weighted by molar-refractivity contribution is -0.180. The predicted octanol–water partition coefficient (Wildman–Crippen LogP) is 2.23. The van der Waals surface area contributed by atoms with Crippen LogP contribution in [0.5, 0.6) is 0 Å². The zero-order valence-electron chi connectivity index (χ0n) is 16.7. The number of halogens is 1. The molecule has 0 unspecified atom stereocenters. The van der Waals surface area contributed by atoms with Crippen LogP contribution < -0.4 is 0 Å². The molecule has 0 aromatic rings. The molecule has 0 bridgehead atoms. The Morgan fingerprint density at radius 2 is 2.00 bits per heavy atom. The molecule has 0 aromatic heterocycles. The van der Waals surface area contributed by atoms with Gasteiger partial charge in [0.25, 0.3) is 0 Å². The topological polar surface area (TPSA) is 94.8 Å². The lowest BCUT2D eigenvalue weighted by Gasteiger charge is -2.60.